The molecule has 1 saturated heterocycles. The molecular formula is C14H14F3N3O2. The molecule has 0 saturated carbocycles. The van der Waals surface area contributed by atoms with Gasteiger partial charge in [-0.1, -0.05) is 6.07 Å². The quantitative estimate of drug-likeness (QED) is 0.841. The third kappa shape index (κ3) is 2.43. The van der Waals surface area contributed by atoms with Crippen molar-refractivity contribution >= 4 is 10.9 Å². The summed E-state index contributed by atoms with van der Waals surface area (Å²) < 4.78 is 40.0. The zero-order valence-electron chi connectivity index (χ0n) is 11.5. The predicted octanol–water partition coefficient (Wildman–Crippen LogP) is 1.63. The van der Waals surface area contributed by atoms with Gasteiger partial charge in [0.1, 0.15) is 0 Å². The number of piperidine rings is 1. The van der Waals surface area contributed by atoms with Crippen LogP contribution in [0.2, 0.25) is 0 Å². The van der Waals surface area contributed by atoms with Crippen LogP contribution in [-0.2, 0) is 6.18 Å². The van der Waals surface area contributed by atoms with Gasteiger partial charge in [-0.3, -0.25) is 9.36 Å². The lowest BCUT2D eigenvalue weighted by atomic mass is 10.1. The Labute approximate surface area is 122 Å². The van der Waals surface area contributed by atoms with E-state index in [9.17, 15) is 22.8 Å². The van der Waals surface area contributed by atoms with E-state index >= 15 is 0 Å². The molecular weight excluding hydrogens is 299 g/mol. The van der Waals surface area contributed by atoms with Crippen molar-refractivity contribution in [2.24, 2.45) is 0 Å². The molecule has 2 N–H and O–H groups in total. The topological polar surface area (TPSA) is 66.9 Å². The van der Waals surface area contributed by atoms with Gasteiger partial charge in [-0.25, -0.2) is 4.79 Å². The largest absolute Gasteiger partial charge is 0.418 e. The number of aromatic nitrogens is 2. The number of fused-ring (bicyclic) bond motifs is 1. The van der Waals surface area contributed by atoms with E-state index in [1.807, 2.05) is 0 Å². The highest BCUT2D eigenvalue weighted by molar-refractivity contribution is 5.81. The van der Waals surface area contributed by atoms with Crippen LogP contribution in [0.15, 0.2) is 27.8 Å². The molecule has 0 atom stereocenters. The molecule has 118 valence electrons. The Morgan fingerprint density at radius 1 is 1.14 bits per heavy atom. The predicted molar refractivity (Wildman–Crippen MR) is 75.0 cm³/mol. The number of aromatic amines is 1. The molecule has 0 amide bonds. The number of rotatable bonds is 1. The number of H-pyrrole nitrogens is 1. The summed E-state index contributed by atoms with van der Waals surface area (Å²) in [5.41, 5.74) is -2.91. The van der Waals surface area contributed by atoms with Crippen molar-refractivity contribution in [1.29, 1.82) is 0 Å². The van der Waals surface area contributed by atoms with Crippen LogP contribution >= 0.6 is 0 Å². The number of benzene rings is 1. The van der Waals surface area contributed by atoms with Gasteiger partial charge in [0, 0.05) is 6.04 Å². The summed E-state index contributed by atoms with van der Waals surface area (Å²) in [7, 11) is 0. The fourth-order valence-corrected chi connectivity index (χ4v) is 2.89. The number of para-hydroxylation sites is 1. The Morgan fingerprint density at radius 2 is 1.82 bits per heavy atom. The lowest BCUT2D eigenvalue weighted by molar-refractivity contribution is -0.136. The first-order valence-electron chi connectivity index (χ1n) is 6.95. The SMILES string of the molecule is O=c1[nH]c2c(C(F)(F)F)cccc2c(=O)n1C1CCNCC1. The summed E-state index contributed by atoms with van der Waals surface area (Å²) in [5, 5.41) is 3.00. The molecule has 1 fully saturated rings. The van der Waals surface area contributed by atoms with Crippen LogP contribution in [0.5, 0.6) is 0 Å². The third-order valence-electron chi connectivity index (χ3n) is 3.94. The van der Waals surface area contributed by atoms with Crippen molar-refractivity contribution in [2.75, 3.05) is 13.1 Å². The van der Waals surface area contributed by atoms with Crippen LogP contribution in [0, 0.1) is 0 Å². The number of alkyl halides is 3. The van der Waals surface area contributed by atoms with E-state index in [-0.39, 0.29) is 11.4 Å². The van der Waals surface area contributed by atoms with Gasteiger partial charge in [0.05, 0.1) is 16.5 Å². The van der Waals surface area contributed by atoms with Crippen LogP contribution < -0.4 is 16.6 Å². The van der Waals surface area contributed by atoms with Crippen molar-refractivity contribution in [3.63, 3.8) is 0 Å². The van der Waals surface area contributed by atoms with Crippen molar-refractivity contribution in [1.82, 2.24) is 14.9 Å². The minimum absolute atomic E-state index is 0.118. The van der Waals surface area contributed by atoms with Crippen molar-refractivity contribution in [3.8, 4) is 0 Å². The molecule has 0 radical (unpaired) electrons. The minimum atomic E-state index is -4.63. The van der Waals surface area contributed by atoms with E-state index in [1.54, 1.807) is 0 Å². The molecule has 3 rings (SSSR count). The van der Waals surface area contributed by atoms with Gasteiger partial charge in [0.15, 0.2) is 0 Å². The molecule has 0 bridgehead atoms. The first-order chi connectivity index (χ1) is 10.4. The Balaban J connectivity index is 2.27. The second-order valence-electron chi connectivity index (χ2n) is 5.31. The Hall–Kier alpha value is -2.09. The lowest BCUT2D eigenvalue weighted by Gasteiger charge is -2.24. The smallest absolute Gasteiger partial charge is 0.317 e. The number of hydrogen-bond donors (Lipinski definition) is 2. The maximum absolute atomic E-state index is 13.0. The van der Waals surface area contributed by atoms with Gasteiger partial charge in [0.25, 0.3) is 5.56 Å². The molecule has 1 aromatic heterocycles. The van der Waals surface area contributed by atoms with Crippen LogP contribution in [0.4, 0.5) is 13.2 Å². The minimum Gasteiger partial charge on any atom is -0.317 e. The van der Waals surface area contributed by atoms with E-state index in [1.165, 1.54) is 12.1 Å². The molecule has 1 aromatic carbocycles. The van der Waals surface area contributed by atoms with Crippen molar-refractivity contribution in [3.05, 3.63) is 44.6 Å². The van der Waals surface area contributed by atoms with Crippen LogP contribution in [0.1, 0.15) is 24.4 Å². The number of hydrogen-bond acceptors (Lipinski definition) is 3. The summed E-state index contributed by atoms with van der Waals surface area (Å²) >= 11 is 0. The standard InChI is InChI=1S/C14H14F3N3O2/c15-14(16,17)10-3-1-2-9-11(10)19-13(22)20(12(9)21)8-4-6-18-7-5-8/h1-3,8,18H,4-7H2,(H,19,22). The zero-order chi connectivity index (χ0) is 15.9. The molecule has 1 aliphatic heterocycles. The van der Waals surface area contributed by atoms with Crippen LogP contribution in [0.25, 0.3) is 10.9 Å². The molecule has 2 heterocycles. The second-order valence-corrected chi connectivity index (χ2v) is 5.31. The molecule has 5 nitrogen and oxygen atoms in total. The molecule has 8 heteroatoms. The summed E-state index contributed by atoms with van der Waals surface area (Å²) in [4.78, 5) is 26.9. The summed E-state index contributed by atoms with van der Waals surface area (Å²) in [5.74, 6) is 0. The Bertz CT molecular complexity index is 817. The van der Waals surface area contributed by atoms with Gasteiger partial charge in [-0.15, -0.1) is 0 Å². The molecule has 1 aliphatic rings. The first-order valence-corrected chi connectivity index (χ1v) is 6.95. The molecule has 2 aromatic rings. The van der Waals surface area contributed by atoms with Crippen molar-refractivity contribution in [2.45, 2.75) is 25.1 Å². The molecule has 22 heavy (non-hydrogen) atoms. The Kier molecular flexibility index (Phi) is 3.56. The van der Waals surface area contributed by atoms with E-state index in [2.05, 4.69) is 10.3 Å². The Morgan fingerprint density at radius 3 is 2.45 bits per heavy atom. The number of nitrogens with one attached hydrogen (secondary N) is 2. The van der Waals surface area contributed by atoms with E-state index in [4.69, 9.17) is 0 Å². The summed E-state index contributed by atoms with van der Waals surface area (Å²) in [6.07, 6.45) is -3.45. The van der Waals surface area contributed by atoms with Gasteiger partial charge < -0.3 is 10.3 Å². The van der Waals surface area contributed by atoms with Crippen LogP contribution in [0.3, 0.4) is 0 Å². The highest BCUT2D eigenvalue weighted by Crippen LogP contribution is 2.32. The van der Waals surface area contributed by atoms with Gasteiger partial charge >= 0.3 is 11.9 Å². The summed E-state index contributed by atoms with van der Waals surface area (Å²) in [6.45, 7) is 1.33. The fourth-order valence-electron chi connectivity index (χ4n) is 2.89. The summed E-state index contributed by atoms with van der Waals surface area (Å²) in [6, 6.07) is 3.04. The maximum Gasteiger partial charge on any atom is 0.418 e. The van der Waals surface area contributed by atoms with Crippen molar-refractivity contribution < 1.29 is 13.2 Å². The van der Waals surface area contributed by atoms with Gasteiger partial charge in [-0.2, -0.15) is 13.2 Å². The monoisotopic (exact) mass is 313 g/mol. The zero-order valence-corrected chi connectivity index (χ0v) is 11.5. The van der Waals surface area contributed by atoms with Crippen LogP contribution in [-0.4, -0.2) is 22.6 Å². The highest BCUT2D eigenvalue weighted by Gasteiger charge is 2.33. The van der Waals surface area contributed by atoms with E-state index in [0.717, 1.165) is 10.6 Å². The molecule has 0 spiro atoms. The molecule has 0 unspecified atom stereocenters. The second kappa shape index (κ2) is 5.28. The number of nitrogens with zero attached hydrogens (tertiary/aromatic N) is 1. The third-order valence-corrected chi connectivity index (χ3v) is 3.94. The molecule has 0 aliphatic carbocycles. The van der Waals surface area contributed by atoms with Gasteiger partial charge in [-0.05, 0) is 38.1 Å². The average molecular weight is 313 g/mol. The normalized spacial score (nSPS) is 17.0. The van der Waals surface area contributed by atoms with E-state index < -0.39 is 28.5 Å². The maximum atomic E-state index is 13.0. The first kappa shape index (κ1) is 14.8. The lowest BCUT2D eigenvalue weighted by Crippen LogP contribution is -2.42. The highest BCUT2D eigenvalue weighted by atomic mass is 19.4. The van der Waals surface area contributed by atoms with Gasteiger partial charge in [0.2, 0.25) is 0 Å². The number of halogens is 3. The average Bonchev–Trinajstić information content (AvgIpc) is 2.47. The van der Waals surface area contributed by atoms with E-state index in [0.29, 0.717) is 25.9 Å². The fraction of sp³-hybridized carbons (Fsp3) is 0.429.